The summed E-state index contributed by atoms with van der Waals surface area (Å²) in [6.45, 7) is 13.4. The van der Waals surface area contributed by atoms with Crippen molar-refractivity contribution in [1.82, 2.24) is 15.1 Å². The van der Waals surface area contributed by atoms with Crippen molar-refractivity contribution >= 4 is 6.09 Å². The van der Waals surface area contributed by atoms with E-state index in [0.29, 0.717) is 12.0 Å². The average molecular weight is 352 g/mol. The van der Waals surface area contributed by atoms with Gasteiger partial charge in [0.1, 0.15) is 5.60 Å². The topological polar surface area (TPSA) is 44.8 Å². The van der Waals surface area contributed by atoms with Crippen molar-refractivity contribution < 1.29 is 9.53 Å². The first-order valence-electron chi connectivity index (χ1n) is 10.3. The van der Waals surface area contributed by atoms with Crippen molar-refractivity contribution in [3.8, 4) is 0 Å². The zero-order chi connectivity index (χ0) is 18.0. The van der Waals surface area contributed by atoms with Crippen LogP contribution in [0.15, 0.2) is 0 Å². The van der Waals surface area contributed by atoms with Crippen LogP contribution in [0.25, 0.3) is 0 Å². The molecule has 3 unspecified atom stereocenters. The molecule has 1 amide bonds. The number of likely N-dealkylation sites (tertiary alicyclic amines) is 2. The molecule has 0 radical (unpaired) electrons. The van der Waals surface area contributed by atoms with Crippen molar-refractivity contribution in [2.45, 2.75) is 77.5 Å². The van der Waals surface area contributed by atoms with E-state index < -0.39 is 5.60 Å². The van der Waals surface area contributed by atoms with Crippen LogP contribution in [0.4, 0.5) is 4.79 Å². The molecule has 2 saturated heterocycles. The van der Waals surface area contributed by atoms with Crippen LogP contribution in [0.2, 0.25) is 0 Å². The quantitative estimate of drug-likeness (QED) is 0.827. The lowest BCUT2D eigenvalue weighted by atomic mass is 9.91. The lowest BCUT2D eigenvalue weighted by Crippen LogP contribution is -2.48. The van der Waals surface area contributed by atoms with Crippen molar-refractivity contribution in [3.05, 3.63) is 0 Å². The zero-order valence-electron chi connectivity index (χ0n) is 16.6. The number of hydrogen-bond donors (Lipinski definition) is 1. The van der Waals surface area contributed by atoms with Crippen LogP contribution in [-0.2, 0) is 4.74 Å². The zero-order valence-corrected chi connectivity index (χ0v) is 16.6. The Balaban J connectivity index is 1.40. The van der Waals surface area contributed by atoms with Gasteiger partial charge in [0, 0.05) is 31.7 Å². The fraction of sp³-hybridized carbons (Fsp3) is 0.950. The van der Waals surface area contributed by atoms with Gasteiger partial charge < -0.3 is 19.9 Å². The molecule has 3 fully saturated rings. The number of rotatable bonds is 5. The number of carbonyl (C=O) groups is 1. The van der Waals surface area contributed by atoms with E-state index in [-0.39, 0.29) is 6.09 Å². The first-order chi connectivity index (χ1) is 11.8. The number of piperidine rings is 1. The van der Waals surface area contributed by atoms with Crippen molar-refractivity contribution in [1.29, 1.82) is 0 Å². The third-order valence-electron chi connectivity index (χ3n) is 5.93. The normalized spacial score (nSPS) is 29.7. The number of nitrogens with one attached hydrogen (secondary N) is 1. The van der Waals surface area contributed by atoms with Crippen molar-refractivity contribution in [2.24, 2.45) is 11.8 Å². The van der Waals surface area contributed by atoms with E-state index in [0.717, 1.165) is 38.0 Å². The molecule has 0 aromatic carbocycles. The van der Waals surface area contributed by atoms with Gasteiger partial charge in [0.25, 0.3) is 0 Å². The predicted octanol–water partition coefficient (Wildman–Crippen LogP) is 3.10. The van der Waals surface area contributed by atoms with Crippen LogP contribution in [-0.4, -0.2) is 66.3 Å². The number of amides is 1. The summed E-state index contributed by atoms with van der Waals surface area (Å²) >= 11 is 0. The molecule has 3 aliphatic rings. The molecule has 3 rings (SSSR count). The molecule has 3 atom stereocenters. The van der Waals surface area contributed by atoms with E-state index in [1.807, 2.05) is 25.7 Å². The predicted molar refractivity (Wildman–Crippen MR) is 101 cm³/mol. The largest absolute Gasteiger partial charge is 0.444 e. The number of nitrogens with zero attached hydrogens (tertiary/aromatic N) is 2. The first kappa shape index (κ1) is 19.0. The van der Waals surface area contributed by atoms with Gasteiger partial charge in [-0.05, 0) is 84.7 Å². The van der Waals surface area contributed by atoms with Gasteiger partial charge in [-0.1, -0.05) is 0 Å². The monoisotopic (exact) mass is 351 g/mol. The maximum absolute atomic E-state index is 12.3. The minimum absolute atomic E-state index is 0.153. The minimum Gasteiger partial charge on any atom is -0.444 e. The second-order valence-corrected chi connectivity index (χ2v) is 9.41. The van der Waals surface area contributed by atoms with Gasteiger partial charge in [-0.15, -0.1) is 0 Å². The van der Waals surface area contributed by atoms with E-state index in [4.69, 9.17) is 4.74 Å². The van der Waals surface area contributed by atoms with E-state index in [9.17, 15) is 4.79 Å². The Kier molecular flexibility index (Phi) is 5.94. The van der Waals surface area contributed by atoms with E-state index in [1.165, 1.54) is 38.8 Å². The molecule has 2 aliphatic heterocycles. The minimum atomic E-state index is -0.413. The molecule has 0 aromatic heterocycles. The molecule has 2 heterocycles. The fourth-order valence-electron chi connectivity index (χ4n) is 4.23. The summed E-state index contributed by atoms with van der Waals surface area (Å²) in [5.41, 5.74) is -0.413. The van der Waals surface area contributed by atoms with Gasteiger partial charge in [-0.3, -0.25) is 0 Å². The van der Waals surface area contributed by atoms with Gasteiger partial charge in [0.05, 0.1) is 0 Å². The van der Waals surface area contributed by atoms with E-state index >= 15 is 0 Å². The Morgan fingerprint density at radius 2 is 1.92 bits per heavy atom. The number of hydrogen-bond acceptors (Lipinski definition) is 4. The SMILES string of the molecule is CC(NCC1CCN(C2CC2)C1)C1CCCN(C(=O)OC(C)(C)C)C1. The van der Waals surface area contributed by atoms with Crippen LogP contribution < -0.4 is 5.32 Å². The average Bonchev–Trinajstić information content (AvgIpc) is 3.30. The molecule has 1 N–H and O–H groups in total. The third kappa shape index (κ3) is 5.58. The van der Waals surface area contributed by atoms with Gasteiger partial charge in [-0.2, -0.15) is 0 Å². The summed E-state index contributed by atoms with van der Waals surface area (Å²) in [7, 11) is 0. The summed E-state index contributed by atoms with van der Waals surface area (Å²) in [4.78, 5) is 16.9. The second-order valence-electron chi connectivity index (χ2n) is 9.41. The van der Waals surface area contributed by atoms with Gasteiger partial charge >= 0.3 is 6.09 Å². The Labute approximate surface area is 153 Å². The van der Waals surface area contributed by atoms with Crippen molar-refractivity contribution in [3.63, 3.8) is 0 Å². The highest BCUT2D eigenvalue weighted by molar-refractivity contribution is 5.68. The summed E-state index contributed by atoms with van der Waals surface area (Å²) in [5, 5.41) is 3.78. The van der Waals surface area contributed by atoms with E-state index in [1.54, 1.807) is 0 Å². The molecule has 1 aliphatic carbocycles. The second kappa shape index (κ2) is 7.83. The van der Waals surface area contributed by atoms with Crippen LogP contribution >= 0.6 is 0 Å². The lowest BCUT2D eigenvalue weighted by molar-refractivity contribution is 0.0148. The molecule has 0 spiro atoms. The third-order valence-corrected chi connectivity index (χ3v) is 5.93. The van der Waals surface area contributed by atoms with Gasteiger partial charge in [-0.25, -0.2) is 4.79 Å². The molecular formula is C20H37N3O2. The molecule has 5 heteroatoms. The molecule has 144 valence electrons. The van der Waals surface area contributed by atoms with Crippen LogP contribution in [0, 0.1) is 11.8 Å². The first-order valence-corrected chi connectivity index (χ1v) is 10.3. The highest BCUT2D eigenvalue weighted by atomic mass is 16.6. The molecule has 5 nitrogen and oxygen atoms in total. The highest BCUT2D eigenvalue weighted by Gasteiger charge is 2.35. The van der Waals surface area contributed by atoms with Crippen LogP contribution in [0.5, 0.6) is 0 Å². The Morgan fingerprint density at radius 1 is 1.16 bits per heavy atom. The van der Waals surface area contributed by atoms with Gasteiger partial charge in [0.2, 0.25) is 0 Å². The Hall–Kier alpha value is -0.810. The lowest BCUT2D eigenvalue weighted by Gasteiger charge is -2.37. The molecular weight excluding hydrogens is 314 g/mol. The number of carbonyl (C=O) groups excluding carboxylic acids is 1. The van der Waals surface area contributed by atoms with Crippen LogP contribution in [0.1, 0.15) is 59.8 Å². The van der Waals surface area contributed by atoms with E-state index in [2.05, 4.69) is 17.1 Å². The van der Waals surface area contributed by atoms with Crippen LogP contribution in [0.3, 0.4) is 0 Å². The molecule has 0 bridgehead atoms. The summed E-state index contributed by atoms with van der Waals surface area (Å²) in [5.74, 6) is 1.33. The highest BCUT2D eigenvalue weighted by Crippen LogP contribution is 2.31. The fourth-order valence-corrected chi connectivity index (χ4v) is 4.23. The Bertz CT molecular complexity index is 458. The molecule has 0 aromatic rings. The maximum atomic E-state index is 12.3. The molecule has 25 heavy (non-hydrogen) atoms. The van der Waals surface area contributed by atoms with Crippen molar-refractivity contribution in [2.75, 3.05) is 32.7 Å². The molecule has 1 saturated carbocycles. The summed E-state index contributed by atoms with van der Waals surface area (Å²) in [6.07, 6.45) is 6.30. The summed E-state index contributed by atoms with van der Waals surface area (Å²) < 4.78 is 5.55. The smallest absolute Gasteiger partial charge is 0.410 e. The summed E-state index contributed by atoms with van der Waals surface area (Å²) in [6, 6.07) is 1.36. The maximum Gasteiger partial charge on any atom is 0.410 e. The standard InChI is InChI=1S/C20H37N3O2/c1-15(21-12-16-9-11-22(13-16)18-7-8-18)17-6-5-10-23(14-17)19(24)25-20(2,3)4/h15-18,21H,5-14H2,1-4H3. The number of ether oxygens (including phenoxy) is 1. The van der Waals surface area contributed by atoms with Gasteiger partial charge in [0.15, 0.2) is 0 Å². The Morgan fingerprint density at radius 3 is 2.60 bits per heavy atom.